The molecular formula is C14H18O. The van der Waals surface area contributed by atoms with Crippen LogP contribution in [0.4, 0.5) is 0 Å². The van der Waals surface area contributed by atoms with Crippen molar-refractivity contribution in [3.63, 3.8) is 0 Å². The Morgan fingerprint density at radius 3 is 2.60 bits per heavy atom. The van der Waals surface area contributed by atoms with Crippen molar-refractivity contribution in [1.82, 2.24) is 0 Å². The Labute approximate surface area is 91.8 Å². The van der Waals surface area contributed by atoms with Crippen LogP contribution in [0.5, 0.6) is 0 Å². The SMILES string of the molecule is C=C=CC(O)(CCCC)c1ccccc1. The summed E-state index contributed by atoms with van der Waals surface area (Å²) in [6, 6.07) is 9.68. The summed E-state index contributed by atoms with van der Waals surface area (Å²) < 4.78 is 0. The standard InChI is InChI=1S/C14H18O/c1-3-5-12-14(15,11-4-2)13-9-7-6-8-10-13/h6-11,15H,2-3,5,12H2,1H3. The average Bonchev–Trinajstić information content (AvgIpc) is 2.28. The molecule has 1 N–H and O–H groups in total. The maximum atomic E-state index is 10.5. The summed E-state index contributed by atoms with van der Waals surface area (Å²) in [5.41, 5.74) is 2.70. The van der Waals surface area contributed by atoms with Crippen LogP contribution in [0.2, 0.25) is 0 Å². The lowest BCUT2D eigenvalue weighted by Crippen LogP contribution is -2.22. The zero-order valence-electron chi connectivity index (χ0n) is 9.24. The van der Waals surface area contributed by atoms with Crippen molar-refractivity contribution >= 4 is 0 Å². The van der Waals surface area contributed by atoms with Crippen molar-refractivity contribution in [2.45, 2.75) is 31.8 Å². The van der Waals surface area contributed by atoms with Gasteiger partial charge in [0.05, 0.1) is 0 Å². The highest BCUT2D eigenvalue weighted by molar-refractivity contribution is 5.26. The molecule has 1 unspecified atom stereocenters. The Hall–Kier alpha value is -1.30. The van der Waals surface area contributed by atoms with E-state index in [4.69, 9.17) is 0 Å². The smallest absolute Gasteiger partial charge is 0.115 e. The minimum Gasteiger partial charge on any atom is -0.380 e. The topological polar surface area (TPSA) is 20.2 Å². The Kier molecular flexibility index (Phi) is 4.36. The molecule has 0 heterocycles. The zero-order valence-corrected chi connectivity index (χ0v) is 9.24. The Balaban J connectivity index is 2.95. The second kappa shape index (κ2) is 5.55. The highest BCUT2D eigenvalue weighted by Crippen LogP contribution is 2.28. The molecule has 0 saturated carbocycles. The maximum absolute atomic E-state index is 10.5. The first-order chi connectivity index (χ1) is 7.23. The normalized spacial score (nSPS) is 14.0. The molecule has 0 bridgehead atoms. The minimum absolute atomic E-state index is 0.718. The summed E-state index contributed by atoms with van der Waals surface area (Å²) in [6.07, 6.45) is 4.43. The molecule has 0 saturated heterocycles. The van der Waals surface area contributed by atoms with Crippen LogP contribution in [0, 0.1) is 0 Å². The van der Waals surface area contributed by atoms with Gasteiger partial charge >= 0.3 is 0 Å². The molecule has 0 aliphatic rings. The minimum atomic E-state index is -0.904. The molecule has 1 nitrogen and oxygen atoms in total. The Morgan fingerprint density at radius 1 is 1.40 bits per heavy atom. The molecule has 1 atom stereocenters. The van der Waals surface area contributed by atoms with Crippen molar-refractivity contribution in [3.05, 3.63) is 54.3 Å². The molecule has 15 heavy (non-hydrogen) atoms. The van der Waals surface area contributed by atoms with Crippen LogP contribution in [-0.2, 0) is 5.60 Å². The van der Waals surface area contributed by atoms with Gasteiger partial charge in [-0.25, -0.2) is 0 Å². The van der Waals surface area contributed by atoms with Crippen molar-refractivity contribution in [3.8, 4) is 0 Å². The van der Waals surface area contributed by atoms with E-state index in [2.05, 4.69) is 19.2 Å². The van der Waals surface area contributed by atoms with Crippen molar-refractivity contribution in [2.24, 2.45) is 0 Å². The first kappa shape index (κ1) is 11.8. The number of hydrogen-bond donors (Lipinski definition) is 1. The van der Waals surface area contributed by atoms with Gasteiger partial charge in [-0.05, 0) is 18.1 Å². The second-order valence-electron chi connectivity index (χ2n) is 3.74. The summed E-state index contributed by atoms with van der Waals surface area (Å²) in [5, 5.41) is 10.5. The lowest BCUT2D eigenvalue weighted by Gasteiger charge is -2.24. The van der Waals surface area contributed by atoms with E-state index in [9.17, 15) is 5.11 Å². The summed E-state index contributed by atoms with van der Waals surface area (Å²) in [7, 11) is 0. The van der Waals surface area contributed by atoms with Gasteiger partial charge in [0.15, 0.2) is 0 Å². The predicted molar refractivity (Wildman–Crippen MR) is 63.6 cm³/mol. The fourth-order valence-electron chi connectivity index (χ4n) is 1.64. The third-order valence-electron chi connectivity index (χ3n) is 2.53. The molecule has 80 valence electrons. The monoisotopic (exact) mass is 202 g/mol. The highest BCUT2D eigenvalue weighted by Gasteiger charge is 2.24. The van der Waals surface area contributed by atoms with Crippen LogP contribution in [-0.4, -0.2) is 5.11 Å². The quantitative estimate of drug-likeness (QED) is 0.725. The van der Waals surface area contributed by atoms with Gasteiger partial charge in [0, 0.05) is 0 Å². The second-order valence-corrected chi connectivity index (χ2v) is 3.74. The van der Waals surface area contributed by atoms with Gasteiger partial charge in [-0.15, -0.1) is 5.73 Å². The Bertz CT molecular complexity index is 336. The summed E-state index contributed by atoms with van der Waals surface area (Å²) >= 11 is 0. The van der Waals surface area contributed by atoms with E-state index in [0.717, 1.165) is 24.8 Å². The molecule has 0 fully saturated rings. The van der Waals surface area contributed by atoms with Crippen molar-refractivity contribution < 1.29 is 5.11 Å². The third-order valence-corrected chi connectivity index (χ3v) is 2.53. The summed E-state index contributed by atoms with van der Waals surface area (Å²) in [6.45, 7) is 5.65. The molecule has 1 aromatic rings. The van der Waals surface area contributed by atoms with E-state index in [1.54, 1.807) is 6.08 Å². The molecule has 1 rings (SSSR count). The number of hydrogen-bond acceptors (Lipinski definition) is 1. The van der Waals surface area contributed by atoms with Gasteiger partial charge in [-0.1, -0.05) is 56.7 Å². The van der Waals surface area contributed by atoms with E-state index < -0.39 is 5.60 Å². The largest absolute Gasteiger partial charge is 0.380 e. The van der Waals surface area contributed by atoms with E-state index in [1.807, 2.05) is 30.3 Å². The molecule has 1 heteroatoms. The summed E-state index contributed by atoms with van der Waals surface area (Å²) in [4.78, 5) is 0. The van der Waals surface area contributed by atoms with Gasteiger partial charge in [0.2, 0.25) is 0 Å². The highest BCUT2D eigenvalue weighted by atomic mass is 16.3. The van der Waals surface area contributed by atoms with E-state index in [-0.39, 0.29) is 0 Å². The molecule has 0 aromatic heterocycles. The molecule has 0 radical (unpaired) electrons. The van der Waals surface area contributed by atoms with Gasteiger partial charge in [-0.2, -0.15) is 0 Å². The van der Waals surface area contributed by atoms with Crippen molar-refractivity contribution in [1.29, 1.82) is 0 Å². The van der Waals surface area contributed by atoms with Crippen LogP contribution in [0.15, 0.2) is 48.7 Å². The van der Waals surface area contributed by atoms with Gasteiger partial charge < -0.3 is 5.11 Å². The molecule has 0 amide bonds. The first-order valence-electron chi connectivity index (χ1n) is 5.38. The number of rotatable bonds is 5. The molecular weight excluding hydrogens is 184 g/mol. The lowest BCUT2D eigenvalue weighted by atomic mass is 9.88. The molecule has 0 aliphatic heterocycles. The van der Waals surface area contributed by atoms with Crippen LogP contribution >= 0.6 is 0 Å². The predicted octanol–water partition coefficient (Wildman–Crippen LogP) is 3.41. The van der Waals surface area contributed by atoms with Gasteiger partial charge in [0.25, 0.3) is 0 Å². The van der Waals surface area contributed by atoms with E-state index in [1.165, 1.54) is 0 Å². The fraction of sp³-hybridized carbons (Fsp3) is 0.357. The number of benzene rings is 1. The summed E-state index contributed by atoms with van der Waals surface area (Å²) in [5.74, 6) is 0. The van der Waals surface area contributed by atoms with Crippen LogP contribution in [0.3, 0.4) is 0 Å². The first-order valence-corrected chi connectivity index (χ1v) is 5.38. The lowest BCUT2D eigenvalue weighted by molar-refractivity contribution is 0.0772. The third kappa shape index (κ3) is 3.09. The fourth-order valence-corrected chi connectivity index (χ4v) is 1.64. The van der Waals surface area contributed by atoms with Crippen molar-refractivity contribution in [2.75, 3.05) is 0 Å². The average molecular weight is 202 g/mol. The number of aliphatic hydroxyl groups is 1. The van der Waals surface area contributed by atoms with Crippen LogP contribution in [0.25, 0.3) is 0 Å². The van der Waals surface area contributed by atoms with E-state index >= 15 is 0 Å². The van der Waals surface area contributed by atoms with E-state index in [0.29, 0.717) is 0 Å². The van der Waals surface area contributed by atoms with Gasteiger partial charge in [-0.3, -0.25) is 0 Å². The number of unbranched alkanes of at least 4 members (excludes halogenated alkanes) is 1. The van der Waals surface area contributed by atoms with Crippen LogP contribution in [0.1, 0.15) is 31.7 Å². The Morgan fingerprint density at radius 2 is 2.07 bits per heavy atom. The van der Waals surface area contributed by atoms with Crippen LogP contribution < -0.4 is 0 Å². The van der Waals surface area contributed by atoms with Gasteiger partial charge in [0.1, 0.15) is 5.60 Å². The molecule has 1 aromatic carbocycles. The zero-order chi connectivity index (χ0) is 11.1. The molecule has 0 spiro atoms. The maximum Gasteiger partial charge on any atom is 0.115 e. The molecule has 0 aliphatic carbocycles.